The quantitative estimate of drug-likeness (QED) is 0.783. The van der Waals surface area contributed by atoms with Crippen molar-refractivity contribution in [1.29, 1.82) is 0 Å². The first-order valence-electron chi connectivity index (χ1n) is 7.40. The van der Waals surface area contributed by atoms with Crippen LogP contribution in [0.15, 0.2) is 24.3 Å². The maximum absolute atomic E-state index is 14.3. The van der Waals surface area contributed by atoms with Crippen molar-refractivity contribution in [3.63, 3.8) is 0 Å². The van der Waals surface area contributed by atoms with Gasteiger partial charge in [-0.1, -0.05) is 0 Å². The molecule has 0 atom stereocenters. The second kappa shape index (κ2) is 6.31. The van der Waals surface area contributed by atoms with Crippen LogP contribution >= 0.6 is 12.2 Å². The van der Waals surface area contributed by atoms with Gasteiger partial charge in [0.15, 0.2) is 10.6 Å². The number of halogens is 2. The molecular weight excluding hydrogens is 338 g/mol. The number of hydrogen-bond acceptors (Lipinski definition) is 4. The highest BCUT2D eigenvalue weighted by molar-refractivity contribution is 7.71. The molecule has 0 unspecified atom stereocenters. The van der Waals surface area contributed by atoms with E-state index in [1.165, 1.54) is 31.4 Å². The van der Waals surface area contributed by atoms with Gasteiger partial charge in [-0.15, -0.1) is 0 Å². The molecule has 1 saturated carbocycles. The maximum atomic E-state index is 14.3. The Bertz CT molecular complexity index is 797. The van der Waals surface area contributed by atoms with Crippen molar-refractivity contribution in [1.82, 2.24) is 20.1 Å². The molecule has 1 amide bonds. The van der Waals surface area contributed by atoms with Crippen LogP contribution in [0.4, 0.5) is 8.78 Å². The van der Waals surface area contributed by atoms with Crippen LogP contribution in [0.3, 0.4) is 0 Å². The Hall–Kier alpha value is -2.29. The van der Waals surface area contributed by atoms with E-state index in [4.69, 9.17) is 17.0 Å². The monoisotopic (exact) mass is 354 g/mol. The molecule has 0 bridgehead atoms. The van der Waals surface area contributed by atoms with Crippen LogP contribution in [0, 0.1) is 4.77 Å². The summed E-state index contributed by atoms with van der Waals surface area (Å²) in [6, 6.07) is 5.34. The molecule has 1 aliphatic rings. The van der Waals surface area contributed by atoms with Gasteiger partial charge in [-0.25, -0.2) is 0 Å². The first kappa shape index (κ1) is 16.6. The molecule has 0 radical (unpaired) electrons. The zero-order valence-corrected chi connectivity index (χ0v) is 13.7. The number of hydrogen-bond donors (Lipinski definition) is 2. The van der Waals surface area contributed by atoms with E-state index in [9.17, 15) is 13.6 Å². The van der Waals surface area contributed by atoms with E-state index in [1.54, 1.807) is 4.57 Å². The van der Waals surface area contributed by atoms with Crippen LogP contribution in [-0.2, 0) is 17.3 Å². The van der Waals surface area contributed by atoms with Crippen molar-refractivity contribution < 1.29 is 18.3 Å². The van der Waals surface area contributed by atoms with Crippen LogP contribution < -0.4 is 10.1 Å². The maximum Gasteiger partial charge on any atom is 0.349 e. The second-order valence-electron chi connectivity index (χ2n) is 5.53. The summed E-state index contributed by atoms with van der Waals surface area (Å²) < 4.78 is 35.6. The van der Waals surface area contributed by atoms with Gasteiger partial charge in [-0.05, 0) is 49.3 Å². The van der Waals surface area contributed by atoms with E-state index < -0.39 is 17.4 Å². The number of amides is 1. The molecular formula is C15H16F2N4O2S. The Labute approximate surface area is 141 Å². The zero-order chi connectivity index (χ0) is 17.3. The zero-order valence-electron chi connectivity index (χ0n) is 12.9. The molecule has 24 heavy (non-hydrogen) atoms. The second-order valence-corrected chi connectivity index (χ2v) is 5.92. The van der Waals surface area contributed by atoms with E-state index in [0.29, 0.717) is 16.3 Å². The first-order chi connectivity index (χ1) is 11.4. The minimum atomic E-state index is -3.65. The third-order valence-electron chi connectivity index (χ3n) is 3.83. The Kier molecular flexibility index (Phi) is 4.35. The predicted molar refractivity (Wildman–Crippen MR) is 84.4 cm³/mol. The molecule has 3 rings (SSSR count). The number of carbonyl (C=O) groups is 1. The Morgan fingerprint density at radius 2 is 2.12 bits per heavy atom. The molecule has 2 aromatic rings. The average Bonchev–Trinajstić information content (AvgIpc) is 3.35. The average molecular weight is 354 g/mol. The van der Waals surface area contributed by atoms with Gasteiger partial charge in [-0.2, -0.15) is 13.9 Å². The number of ether oxygens (including phenoxy) is 1. The summed E-state index contributed by atoms with van der Waals surface area (Å²) >= 11 is 5.11. The lowest BCUT2D eigenvalue weighted by Crippen LogP contribution is -2.38. The lowest BCUT2D eigenvalue weighted by atomic mass is 10.1. The van der Waals surface area contributed by atoms with Crippen LogP contribution in [0.1, 0.15) is 30.3 Å². The number of benzene rings is 1. The van der Waals surface area contributed by atoms with Gasteiger partial charge in [0.25, 0.3) is 5.91 Å². The number of methoxy groups -OCH3 is 1. The Morgan fingerprint density at radius 3 is 2.71 bits per heavy atom. The summed E-state index contributed by atoms with van der Waals surface area (Å²) in [4.78, 5) is 11.9. The fourth-order valence-corrected chi connectivity index (χ4v) is 2.67. The molecule has 9 heteroatoms. The largest absolute Gasteiger partial charge is 0.497 e. The molecule has 6 nitrogen and oxygen atoms in total. The van der Waals surface area contributed by atoms with Crippen LogP contribution in [-0.4, -0.2) is 27.8 Å². The highest BCUT2D eigenvalue weighted by atomic mass is 32.1. The summed E-state index contributed by atoms with van der Waals surface area (Å²) in [5, 5.41) is 8.86. The summed E-state index contributed by atoms with van der Waals surface area (Å²) in [5.74, 6) is -4.15. The van der Waals surface area contributed by atoms with Crippen molar-refractivity contribution in [2.24, 2.45) is 0 Å². The SMILES string of the molecule is COc1ccc(C(F)(F)C(=O)NCc2n[nH]c(=S)n2C2CC2)cc1. The van der Waals surface area contributed by atoms with Gasteiger partial charge in [0.1, 0.15) is 5.75 Å². The minimum absolute atomic E-state index is 0.117. The molecule has 128 valence electrons. The number of aromatic amines is 1. The lowest BCUT2D eigenvalue weighted by Gasteiger charge is -2.16. The van der Waals surface area contributed by atoms with Gasteiger partial charge in [0.2, 0.25) is 0 Å². The van der Waals surface area contributed by atoms with Crippen molar-refractivity contribution in [3.8, 4) is 5.75 Å². The summed E-state index contributed by atoms with van der Waals surface area (Å²) in [6.07, 6.45) is 1.94. The normalized spacial score (nSPS) is 14.5. The molecule has 1 aromatic heterocycles. The highest BCUT2D eigenvalue weighted by Crippen LogP contribution is 2.36. The van der Waals surface area contributed by atoms with Gasteiger partial charge >= 0.3 is 5.92 Å². The Balaban J connectivity index is 1.70. The third kappa shape index (κ3) is 3.16. The first-order valence-corrected chi connectivity index (χ1v) is 7.80. The van der Waals surface area contributed by atoms with Gasteiger partial charge in [0.05, 0.1) is 13.7 Å². The fourth-order valence-electron chi connectivity index (χ4n) is 2.37. The standard InChI is InChI=1S/C15H16F2N4O2S/c1-23-11-6-2-9(3-7-11)15(16,17)13(22)18-8-12-19-20-14(24)21(12)10-4-5-10/h2-3,6-7,10H,4-5,8H2,1H3,(H,18,22)(H,20,24). The van der Waals surface area contributed by atoms with E-state index in [1.807, 2.05) is 0 Å². The molecule has 0 aliphatic heterocycles. The lowest BCUT2D eigenvalue weighted by molar-refractivity contribution is -0.147. The number of H-pyrrole nitrogens is 1. The van der Waals surface area contributed by atoms with Crippen LogP contribution in [0.2, 0.25) is 0 Å². The van der Waals surface area contributed by atoms with Crippen LogP contribution in [0.25, 0.3) is 0 Å². The minimum Gasteiger partial charge on any atom is -0.497 e. The van der Waals surface area contributed by atoms with Gasteiger partial charge in [0, 0.05) is 11.6 Å². The molecule has 0 spiro atoms. The van der Waals surface area contributed by atoms with Crippen molar-refractivity contribution in [2.45, 2.75) is 31.4 Å². The van der Waals surface area contributed by atoms with Gasteiger partial charge in [-0.3, -0.25) is 14.5 Å². The summed E-state index contributed by atoms with van der Waals surface area (Å²) in [7, 11) is 1.44. The number of nitrogens with one attached hydrogen (secondary N) is 2. The number of rotatable bonds is 6. The molecule has 1 aliphatic carbocycles. The number of aromatic nitrogens is 3. The molecule has 2 N–H and O–H groups in total. The van der Waals surface area contributed by atoms with Crippen molar-refractivity contribution in [2.75, 3.05) is 7.11 Å². The fraction of sp³-hybridized carbons (Fsp3) is 0.400. The van der Waals surface area contributed by atoms with Crippen LogP contribution in [0.5, 0.6) is 5.75 Å². The molecule has 1 heterocycles. The molecule has 1 fully saturated rings. The Morgan fingerprint density at radius 1 is 1.46 bits per heavy atom. The van der Waals surface area contributed by atoms with E-state index in [2.05, 4.69) is 15.5 Å². The van der Waals surface area contributed by atoms with E-state index in [-0.39, 0.29) is 12.6 Å². The van der Waals surface area contributed by atoms with E-state index in [0.717, 1.165) is 12.8 Å². The summed E-state index contributed by atoms with van der Waals surface area (Å²) in [5.41, 5.74) is -0.401. The molecule has 1 aromatic carbocycles. The number of carbonyl (C=O) groups excluding carboxylic acids is 1. The third-order valence-corrected chi connectivity index (χ3v) is 4.12. The van der Waals surface area contributed by atoms with Crippen molar-refractivity contribution in [3.05, 3.63) is 40.4 Å². The topological polar surface area (TPSA) is 71.9 Å². The van der Waals surface area contributed by atoms with E-state index >= 15 is 0 Å². The highest BCUT2D eigenvalue weighted by Gasteiger charge is 2.41. The smallest absolute Gasteiger partial charge is 0.349 e. The number of alkyl halides is 2. The number of nitrogens with zero attached hydrogens (tertiary/aromatic N) is 2. The van der Waals surface area contributed by atoms with Gasteiger partial charge < -0.3 is 10.1 Å². The predicted octanol–water partition coefficient (Wildman–Crippen LogP) is 2.69. The molecule has 0 saturated heterocycles. The van der Waals surface area contributed by atoms with Crippen molar-refractivity contribution >= 4 is 18.1 Å². The summed E-state index contributed by atoms with van der Waals surface area (Å²) in [6.45, 7) is -0.117.